The van der Waals surface area contributed by atoms with E-state index in [1.165, 1.54) is 11.1 Å². The molecule has 4 nitrogen and oxygen atoms in total. The highest BCUT2D eigenvalue weighted by atomic mass is 16.5. The lowest BCUT2D eigenvalue weighted by atomic mass is 10.1. The first-order chi connectivity index (χ1) is 10.6. The van der Waals surface area contributed by atoms with Gasteiger partial charge in [0.1, 0.15) is 11.5 Å². The van der Waals surface area contributed by atoms with E-state index in [0.717, 1.165) is 22.2 Å². The van der Waals surface area contributed by atoms with Gasteiger partial charge in [0.2, 0.25) is 0 Å². The van der Waals surface area contributed by atoms with Crippen LogP contribution in [0.1, 0.15) is 11.1 Å². The number of benzene rings is 2. The number of methoxy groups -OCH3 is 2. The Kier molecular flexibility index (Phi) is 3.67. The molecule has 1 heterocycles. The van der Waals surface area contributed by atoms with Gasteiger partial charge in [0, 0.05) is 23.9 Å². The van der Waals surface area contributed by atoms with E-state index in [9.17, 15) is 0 Å². The van der Waals surface area contributed by atoms with Crippen molar-refractivity contribution in [3.05, 3.63) is 47.7 Å². The highest BCUT2D eigenvalue weighted by Gasteiger charge is 2.10. The zero-order chi connectivity index (χ0) is 15.7. The zero-order valence-corrected chi connectivity index (χ0v) is 13.2. The Bertz CT molecular complexity index is 824. The monoisotopic (exact) mass is 294 g/mol. The molecule has 22 heavy (non-hydrogen) atoms. The van der Waals surface area contributed by atoms with E-state index in [0.29, 0.717) is 11.6 Å². The summed E-state index contributed by atoms with van der Waals surface area (Å²) in [4.78, 5) is 9.17. The lowest BCUT2D eigenvalue weighted by Gasteiger charge is -2.09. The average molecular weight is 294 g/mol. The number of fused-ring (bicyclic) bond motifs is 1. The van der Waals surface area contributed by atoms with Gasteiger partial charge >= 0.3 is 0 Å². The molecule has 0 amide bonds. The topological polar surface area (TPSA) is 44.2 Å². The van der Waals surface area contributed by atoms with Crippen LogP contribution >= 0.6 is 0 Å². The lowest BCUT2D eigenvalue weighted by molar-refractivity contribution is 0.397. The Morgan fingerprint density at radius 2 is 1.59 bits per heavy atom. The van der Waals surface area contributed by atoms with Crippen molar-refractivity contribution >= 4 is 10.9 Å². The van der Waals surface area contributed by atoms with Crippen molar-refractivity contribution in [3.8, 4) is 22.9 Å². The van der Waals surface area contributed by atoms with Crippen LogP contribution in [0.3, 0.4) is 0 Å². The molecule has 0 spiro atoms. The van der Waals surface area contributed by atoms with Crippen LogP contribution in [0.5, 0.6) is 11.5 Å². The quantitative estimate of drug-likeness (QED) is 0.734. The zero-order valence-electron chi connectivity index (χ0n) is 13.2. The first-order valence-corrected chi connectivity index (χ1v) is 7.08. The van der Waals surface area contributed by atoms with Crippen molar-refractivity contribution in [2.24, 2.45) is 0 Å². The van der Waals surface area contributed by atoms with E-state index in [4.69, 9.17) is 9.47 Å². The van der Waals surface area contributed by atoms with Crippen molar-refractivity contribution in [3.63, 3.8) is 0 Å². The Labute approximate surface area is 129 Å². The Balaban J connectivity index is 2.20. The fourth-order valence-corrected chi connectivity index (χ4v) is 2.61. The molecule has 3 aromatic rings. The standard InChI is InChI=1S/C18H18N2O2/c1-11-5-12(2)7-13(6-11)18-19-10-15-16(20-18)8-14(21-3)9-17(15)22-4/h5-10H,1-4H3. The smallest absolute Gasteiger partial charge is 0.159 e. The van der Waals surface area contributed by atoms with E-state index in [1.807, 2.05) is 12.1 Å². The fourth-order valence-electron chi connectivity index (χ4n) is 2.61. The third-order valence-corrected chi connectivity index (χ3v) is 3.57. The molecule has 0 unspecified atom stereocenters. The number of hydrogen-bond acceptors (Lipinski definition) is 4. The molecule has 0 saturated carbocycles. The van der Waals surface area contributed by atoms with Crippen LogP contribution < -0.4 is 9.47 Å². The van der Waals surface area contributed by atoms with Crippen LogP contribution in [0.15, 0.2) is 36.5 Å². The molecule has 0 radical (unpaired) electrons. The summed E-state index contributed by atoms with van der Waals surface area (Å²) in [5, 5.41) is 0.872. The SMILES string of the molecule is COc1cc(OC)c2cnc(-c3cc(C)cc(C)c3)nc2c1. The first-order valence-electron chi connectivity index (χ1n) is 7.08. The van der Waals surface area contributed by atoms with Gasteiger partial charge in [-0.1, -0.05) is 17.2 Å². The largest absolute Gasteiger partial charge is 0.497 e. The maximum Gasteiger partial charge on any atom is 0.159 e. The molecule has 0 saturated heterocycles. The predicted octanol–water partition coefficient (Wildman–Crippen LogP) is 3.93. The van der Waals surface area contributed by atoms with Gasteiger partial charge in [0.25, 0.3) is 0 Å². The van der Waals surface area contributed by atoms with Gasteiger partial charge in [-0.25, -0.2) is 9.97 Å². The normalized spacial score (nSPS) is 10.7. The van der Waals surface area contributed by atoms with Crippen molar-refractivity contribution in [1.29, 1.82) is 0 Å². The van der Waals surface area contributed by atoms with Gasteiger partial charge in [-0.2, -0.15) is 0 Å². The minimum absolute atomic E-state index is 0.703. The van der Waals surface area contributed by atoms with Crippen molar-refractivity contribution in [2.75, 3.05) is 14.2 Å². The molecule has 2 aromatic carbocycles. The molecule has 1 aromatic heterocycles. The Morgan fingerprint density at radius 3 is 2.23 bits per heavy atom. The molecule has 0 aliphatic carbocycles. The second-order valence-electron chi connectivity index (χ2n) is 5.33. The summed E-state index contributed by atoms with van der Waals surface area (Å²) in [6.07, 6.45) is 1.80. The molecule has 0 fully saturated rings. The van der Waals surface area contributed by atoms with Crippen molar-refractivity contribution < 1.29 is 9.47 Å². The highest BCUT2D eigenvalue weighted by Crippen LogP contribution is 2.31. The van der Waals surface area contributed by atoms with Crippen LogP contribution in [0.25, 0.3) is 22.3 Å². The molecule has 0 bridgehead atoms. The van der Waals surface area contributed by atoms with Crippen molar-refractivity contribution in [2.45, 2.75) is 13.8 Å². The number of hydrogen-bond donors (Lipinski definition) is 0. The predicted molar refractivity (Wildman–Crippen MR) is 87.6 cm³/mol. The number of aryl methyl sites for hydroxylation is 2. The average Bonchev–Trinajstić information content (AvgIpc) is 2.52. The second kappa shape index (κ2) is 5.64. The number of aromatic nitrogens is 2. The summed E-state index contributed by atoms with van der Waals surface area (Å²) in [7, 11) is 3.26. The van der Waals surface area contributed by atoms with Crippen LogP contribution in [0.2, 0.25) is 0 Å². The fraction of sp³-hybridized carbons (Fsp3) is 0.222. The summed E-state index contributed by atoms with van der Waals surface area (Å²) in [5.74, 6) is 2.13. The summed E-state index contributed by atoms with van der Waals surface area (Å²) >= 11 is 0. The van der Waals surface area contributed by atoms with Gasteiger partial charge in [0.15, 0.2) is 5.82 Å². The summed E-state index contributed by atoms with van der Waals surface area (Å²) in [6, 6.07) is 10.0. The van der Waals surface area contributed by atoms with Crippen molar-refractivity contribution in [1.82, 2.24) is 9.97 Å². The molecule has 3 rings (SSSR count). The molecule has 4 heteroatoms. The molecule has 0 atom stereocenters. The summed E-state index contributed by atoms with van der Waals surface area (Å²) < 4.78 is 10.7. The van der Waals surface area contributed by atoms with E-state index >= 15 is 0 Å². The first kappa shape index (κ1) is 14.3. The van der Waals surface area contributed by atoms with E-state index < -0.39 is 0 Å². The molecule has 0 aliphatic rings. The summed E-state index contributed by atoms with van der Waals surface area (Å²) in [5.41, 5.74) is 4.21. The minimum atomic E-state index is 0.703. The van der Waals surface area contributed by atoms with Crippen LogP contribution in [-0.2, 0) is 0 Å². The van der Waals surface area contributed by atoms with Crippen LogP contribution in [0.4, 0.5) is 0 Å². The van der Waals surface area contributed by atoms with E-state index in [1.54, 1.807) is 20.4 Å². The number of nitrogens with zero attached hydrogens (tertiary/aromatic N) is 2. The Morgan fingerprint density at radius 1 is 0.864 bits per heavy atom. The summed E-state index contributed by atoms with van der Waals surface area (Å²) in [6.45, 7) is 4.15. The maximum atomic E-state index is 5.39. The van der Waals surface area contributed by atoms with Crippen LogP contribution in [0, 0.1) is 13.8 Å². The van der Waals surface area contributed by atoms with Gasteiger partial charge in [-0.05, 0) is 26.0 Å². The molecule has 0 aliphatic heterocycles. The molecular formula is C18H18N2O2. The minimum Gasteiger partial charge on any atom is -0.497 e. The maximum absolute atomic E-state index is 5.39. The lowest BCUT2D eigenvalue weighted by Crippen LogP contribution is -1.95. The third-order valence-electron chi connectivity index (χ3n) is 3.57. The second-order valence-corrected chi connectivity index (χ2v) is 5.33. The number of rotatable bonds is 3. The molecule has 112 valence electrons. The van der Waals surface area contributed by atoms with Gasteiger partial charge in [0.05, 0.1) is 25.1 Å². The van der Waals surface area contributed by atoms with Gasteiger partial charge < -0.3 is 9.47 Å². The van der Waals surface area contributed by atoms with E-state index in [-0.39, 0.29) is 0 Å². The van der Waals surface area contributed by atoms with Gasteiger partial charge in [-0.15, -0.1) is 0 Å². The van der Waals surface area contributed by atoms with Crippen LogP contribution in [-0.4, -0.2) is 24.2 Å². The Hall–Kier alpha value is -2.62. The van der Waals surface area contributed by atoms with Gasteiger partial charge in [-0.3, -0.25) is 0 Å². The molecular weight excluding hydrogens is 276 g/mol. The molecule has 0 N–H and O–H groups in total. The highest BCUT2D eigenvalue weighted by molar-refractivity contribution is 5.87. The third kappa shape index (κ3) is 2.60. The number of ether oxygens (including phenoxy) is 2. The van der Waals surface area contributed by atoms with E-state index in [2.05, 4.69) is 42.0 Å².